The molecule has 22 heavy (non-hydrogen) atoms. The van der Waals surface area contributed by atoms with Gasteiger partial charge in [-0.1, -0.05) is 0 Å². The smallest absolute Gasteiger partial charge is 0.303 e. The van der Waals surface area contributed by atoms with Crippen LogP contribution in [-0.2, 0) is 19.2 Å². The SMILES string of the molecule is N.NO.O=C(O)CCCC(CC(=O)O)(CC(=O)O)CC(=O)O. The number of carboxylic acids is 4. The molecular weight excluding hydrogens is 304 g/mol. The predicted octanol–water partition coefficient (Wildman–Crippen LogP) is 0.148. The van der Waals surface area contributed by atoms with Crippen molar-refractivity contribution in [1.29, 1.82) is 0 Å². The van der Waals surface area contributed by atoms with E-state index in [1.165, 1.54) is 0 Å². The Labute approximate surface area is 125 Å². The van der Waals surface area contributed by atoms with Crippen LogP contribution in [0.2, 0.25) is 0 Å². The topological polar surface area (TPSA) is 230 Å². The maximum atomic E-state index is 10.8. The lowest BCUT2D eigenvalue weighted by Crippen LogP contribution is -2.31. The molecule has 0 spiro atoms. The monoisotopic (exact) mass is 326 g/mol. The minimum atomic E-state index is -1.46. The molecule has 130 valence electrons. The van der Waals surface area contributed by atoms with Crippen molar-refractivity contribution in [2.24, 2.45) is 11.3 Å². The zero-order valence-corrected chi connectivity index (χ0v) is 11.9. The van der Waals surface area contributed by atoms with Crippen molar-refractivity contribution in [3.05, 3.63) is 0 Å². The summed E-state index contributed by atoms with van der Waals surface area (Å²) in [6.07, 6.45) is -2.17. The minimum Gasteiger partial charge on any atom is -0.481 e. The van der Waals surface area contributed by atoms with Gasteiger partial charge >= 0.3 is 23.9 Å². The number of rotatable bonds is 10. The Hall–Kier alpha value is -2.24. The Morgan fingerprint density at radius 1 is 0.727 bits per heavy atom. The quantitative estimate of drug-likeness (QED) is 0.267. The van der Waals surface area contributed by atoms with Gasteiger partial charge in [0.1, 0.15) is 0 Å². The van der Waals surface area contributed by atoms with Crippen LogP contribution in [0.15, 0.2) is 0 Å². The summed E-state index contributed by atoms with van der Waals surface area (Å²) in [5.41, 5.74) is -1.46. The van der Waals surface area contributed by atoms with Gasteiger partial charge in [-0.3, -0.25) is 19.2 Å². The molecule has 0 fully saturated rings. The molecule has 0 radical (unpaired) electrons. The Bertz CT molecular complexity index is 343. The van der Waals surface area contributed by atoms with E-state index in [1.54, 1.807) is 0 Å². The second kappa shape index (κ2) is 12.5. The number of carboxylic acid groups (broad SMARTS) is 4. The van der Waals surface area contributed by atoms with E-state index in [4.69, 9.17) is 25.6 Å². The summed E-state index contributed by atoms with van der Waals surface area (Å²) in [7, 11) is 0. The lowest BCUT2D eigenvalue weighted by atomic mass is 9.74. The molecular formula is C11H22N2O9. The lowest BCUT2D eigenvalue weighted by molar-refractivity contribution is -0.147. The van der Waals surface area contributed by atoms with Crippen LogP contribution in [0.4, 0.5) is 0 Å². The normalized spacial score (nSPS) is 9.73. The van der Waals surface area contributed by atoms with Gasteiger partial charge in [0.05, 0.1) is 19.3 Å². The van der Waals surface area contributed by atoms with E-state index in [9.17, 15) is 19.2 Å². The number of hydrogen-bond donors (Lipinski definition) is 7. The fourth-order valence-corrected chi connectivity index (χ4v) is 2.03. The highest BCUT2D eigenvalue weighted by Gasteiger charge is 2.37. The van der Waals surface area contributed by atoms with E-state index in [1.807, 2.05) is 0 Å². The first-order valence-electron chi connectivity index (χ1n) is 5.80. The van der Waals surface area contributed by atoms with Crippen LogP contribution in [0.25, 0.3) is 0 Å². The Kier molecular flexibility index (Phi) is 14.1. The van der Waals surface area contributed by atoms with Gasteiger partial charge in [0, 0.05) is 11.8 Å². The van der Waals surface area contributed by atoms with Gasteiger partial charge in [0.25, 0.3) is 0 Å². The van der Waals surface area contributed by atoms with Crippen LogP contribution in [0.1, 0.15) is 38.5 Å². The van der Waals surface area contributed by atoms with E-state index in [0.29, 0.717) is 0 Å². The molecule has 11 nitrogen and oxygen atoms in total. The largest absolute Gasteiger partial charge is 0.481 e. The summed E-state index contributed by atoms with van der Waals surface area (Å²) in [5.74, 6) is -1.52. The molecule has 0 bridgehead atoms. The van der Waals surface area contributed by atoms with Gasteiger partial charge < -0.3 is 31.8 Å². The number of aliphatic carboxylic acids is 4. The first kappa shape index (κ1) is 24.8. The summed E-state index contributed by atoms with van der Waals surface area (Å²) in [6.45, 7) is 0. The van der Waals surface area contributed by atoms with Gasteiger partial charge in [-0.2, -0.15) is 0 Å². The number of hydrogen-bond acceptors (Lipinski definition) is 7. The molecule has 10 N–H and O–H groups in total. The highest BCUT2D eigenvalue weighted by Crippen LogP contribution is 2.37. The van der Waals surface area contributed by atoms with Crippen LogP contribution >= 0.6 is 0 Å². The first-order chi connectivity index (χ1) is 9.67. The Balaban J connectivity index is -0.00000115. The molecule has 0 unspecified atom stereocenters. The third-order valence-electron chi connectivity index (χ3n) is 2.68. The van der Waals surface area contributed by atoms with Crippen LogP contribution in [0, 0.1) is 5.41 Å². The molecule has 0 saturated heterocycles. The summed E-state index contributed by atoms with van der Waals surface area (Å²) in [6, 6.07) is 0. The van der Waals surface area contributed by atoms with Crippen molar-refractivity contribution in [3.63, 3.8) is 0 Å². The minimum absolute atomic E-state index is 0. The molecule has 0 aliphatic carbocycles. The van der Waals surface area contributed by atoms with Crippen LogP contribution in [0.5, 0.6) is 0 Å². The molecule has 0 aromatic carbocycles. The predicted molar refractivity (Wildman–Crippen MR) is 71.7 cm³/mol. The van der Waals surface area contributed by atoms with Gasteiger partial charge in [-0.05, 0) is 12.8 Å². The second-order valence-corrected chi connectivity index (χ2v) is 4.46. The zero-order valence-electron chi connectivity index (χ0n) is 11.9. The van der Waals surface area contributed by atoms with Crippen molar-refractivity contribution in [2.45, 2.75) is 38.5 Å². The Morgan fingerprint density at radius 2 is 1.05 bits per heavy atom. The van der Waals surface area contributed by atoms with E-state index in [2.05, 4.69) is 5.90 Å². The van der Waals surface area contributed by atoms with Gasteiger partial charge in [-0.25, -0.2) is 5.90 Å². The molecule has 0 atom stereocenters. The van der Waals surface area contributed by atoms with Crippen LogP contribution in [-0.4, -0.2) is 49.5 Å². The van der Waals surface area contributed by atoms with Gasteiger partial charge in [0.2, 0.25) is 0 Å². The molecule has 11 heteroatoms. The second-order valence-electron chi connectivity index (χ2n) is 4.46. The van der Waals surface area contributed by atoms with Gasteiger partial charge in [0.15, 0.2) is 0 Å². The molecule has 0 saturated carbocycles. The molecule has 0 aromatic heterocycles. The van der Waals surface area contributed by atoms with Crippen molar-refractivity contribution < 1.29 is 44.8 Å². The third-order valence-corrected chi connectivity index (χ3v) is 2.68. The van der Waals surface area contributed by atoms with Gasteiger partial charge in [-0.15, -0.1) is 0 Å². The average molecular weight is 326 g/mol. The fraction of sp³-hybridized carbons (Fsp3) is 0.636. The summed E-state index contributed by atoms with van der Waals surface area (Å²) >= 11 is 0. The van der Waals surface area contributed by atoms with Crippen LogP contribution < -0.4 is 12.0 Å². The molecule has 0 rings (SSSR count). The summed E-state index contributed by atoms with van der Waals surface area (Å²) in [4.78, 5) is 42.7. The standard InChI is InChI=1S/C11H16O8.H3NO.H3N/c12-7(13)2-1-3-11(4-8(14)15,5-9(16)17)6-10(18)19;1-2;/h1-6H2,(H,12,13)(H,14,15)(H,16,17)(H,18,19);2H,1H2;1H3. The molecule has 0 aromatic rings. The first-order valence-corrected chi connectivity index (χ1v) is 5.80. The highest BCUT2D eigenvalue weighted by molar-refractivity contribution is 5.75. The number of nitrogens with two attached hydrogens (primary N) is 1. The van der Waals surface area contributed by atoms with E-state index >= 15 is 0 Å². The van der Waals surface area contributed by atoms with E-state index < -0.39 is 48.6 Å². The average Bonchev–Trinajstić information content (AvgIpc) is 2.27. The van der Waals surface area contributed by atoms with Crippen LogP contribution in [0.3, 0.4) is 0 Å². The maximum absolute atomic E-state index is 10.8. The molecule has 0 amide bonds. The lowest BCUT2D eigenvalue weighted by Gasteiger charge is -2.29. The fourth-order valence-electron chi connectivity index (χ4n) is 2.03. The molecule has 0 aliphatic heterocycles. The maximum Gasteiger partial charge on any atom is 0.303 e. The molecule has 0 aliphatic rings. The molecule has 0 heterocycles. The zero-order chi connectivity index (χ0) is 17.1. The van der Waals surface area contributed by atoms with Crippen molar-refractivity contribution in [3.8, 4) is 0 Å². The number of carbonyl (C=O) groups is 4. The highest BCUT2D eigenvalue weighted by atomic mass is 16.4. The van der Waals surface area contributed by atoms with E-state index in [-0.39, 0.29) is 25.4 Å². The third kappa shape index (κ3) is 12.8. The van der Waals surface area contributed by atoms with Crippen molar-refractivity contribution in [1.82, 2.24) is 6.15 Å². The Morgan fingerprint density at radius 3 is 1.27 bits per heavy atom. The van der Waals surface area contributed by atoms with Crippen molar-refractivity contribution in [2.75, 3.05) is 0 Å². The van der Waals surface area contributed by atoms with E-state index in [0.717, 1.165) is 0 Å². The summed E-state index contributed by atoms with van der Waals surface area (Å²) in [5, 5.41) is 41.4. The summed E-state index contributed by atoms with van der Waals surface area (Å²) < 4.78 is 0. The van der Waals surface area contributed by atoms with Crippen molar-refractivity contribution >= 4 is 23.9 Å².